The molecule has 6 nitrogen and oxygen atoms in total. The molecule has 1 heterocycles. The van der Waals surface area contributed by atoms with Crippen LogP contribution < -0.4 is 10.6 Å². The van der Waals surface area contributed by atoms with Gasteiger partial charge in [0.1, 0.15) is 11.9 Å². The second kappa shape index (κ2) is 8.62. The van der Waals surface area contributed by atoms with E-state index in [1.165, 1.54) is 35.2 Å². The normalized spacial score (nSPS) is 11.4. The van der Waals surface area contributed by atoms with Crippen molar-refractivity contribution < 1.29 is 9.18 Å². The summed E-state index contributed by atoms with van der Waals surface area (Å²) in [4.78, 5) is 12.4. The van der Waals surface area contributed by atoms with Crippen LogP contribution in [0.25, 0.3) is 0 Å². The Morgan fingerprint density at radius 2 is 1.96 bits per heavy atom. The van der Waals surface area contributed by atoms with Gasteiger partial charge < -0.3 is 10.6 Å². The number of amides is 1. The fourth-order valence-corrected chi connectivity index (χ4v) is 4.01. The van der Waals surface area contributed by atoms with Crippen LogP contribution in [0.5, 0.6) is 0 Å². The number of hydrogen-bond donors (Lipinski definition) is 2. The van der Waals surface area contributed by atoms with Crippen LogP contribution in [0.1, 0.15) is 12.5 Å². The fraction of sp³-hybridized carbons (Fsp3) is 0.111. The lowest BCUT2D eigenvalue weighted by Gasteiger charge is -2.11. The number of para-hydroxylation sites is 1. The van der Waals surface area contributed by atoms with Gasteiger partial charge in [0.25, 0.3) is 0 Å². The molecule has 27 heavy (non-hydrogen) atoms. The first kappa shape index (κ1) is 18.8. The first-order chi connectivity index (χ1) is 13.0. The largest absolute Gasteiger partial charge is 0.330 e. The zero-order valence-electron chi connectivity index (χ0n) is 14.1. The molecule has 2 N–H and O–H groups in total. The molecule has 0 saturated heterocycles. The van der Waals surface area contributed by atoms with Crippen molar-refractivity contribution in [3.63, 3.8) is 0 Å². The van der Waals surface area contributed by atoms with Crippen molar-refractivity contribution in [3.8, 4) is 6.07 Å². The zero-order chi connectivity index (χ0) is 19.2. The average molecular weight is 399 g/mol. The highest BCUT2D eigenvalue weighted by atomic mass is 32.2. The number of carbonyl (C=O) groups excluding carboxylic acids is 1. The Kier molecular flexibility index (Phi) is 6.01. The van der Waals surface area contributed by atoms with E-state index < -0.39 is 5.25 Å². The first-order valence-corrected chi connectivity index (χ1v) is 9.57. The summed E-state index contributed by atoms with van der Waals surface area (Å²) in [6.07, 6.45) is 0. The molecule has 0 radical (unpaired) electrons. The summed E-state index contributed by atoms with van der Waals surface area (Å²) in [7, 11) is 0. The fourth-order valence-electron chi connectivity index (χ4n) is 2.09. The highest BCUT2D eigenvalue weighted by Crippen LogP contribution is 2.31. The molecule has 0 spiro atoms. The summed E-state index contributed by atoms with van der Waals surface area (Å²) < 4.78 is 13.6. The molecular formula is C18H14FN5OS2. The second-order valence-corrected chi connectivity index (χ2v) is 7.98. The average Bonchev–Trinajstić information content (AvgIpc) is 3.10. The van der Waals surface area contributed by atoms with Gasteiger partial charge in [-0.2, -0.15) is 5.26 Å². The predicted octanol–water partition coefficient (Wildman–Crippen LogP) is 4.41. The molecule has 1 amide bonds. The Labute approximate surface area is 163 Å². The monoisotopic (exact) mass is 399 g/mol. The molecule has 0 aliphatic rings. The molecule has 1 aromatic heterocycles. The minimum absolute atomic E-state index is 0.231. The van der Waals surface area contributed by atoms with Crippen LogP contribution in [0, 0.1) is 17.1 Å². The SMILES string of the molecule is C[C@@H](Sc1nnc(Nc2ccc(F)cc2)s1)C(=O)Nc1ccccc1C#N. The maximum Gasteiger partial charge on any atom is 0.237 e. The number of anilines is 3. The molecule has 3 aromatic rings. The van der Waals surface area contributed by atoms with Gasteiger partial charge in [-0.25, -0.2) is 4.39 Å². The Balaban J connectivity index is 1.60. The summed E-state index contributed by atoms with van der Waals surface area (Å²) in [6.45, 7) is 1.75. The van der Waals surface area contributed by atoms with Crippen LogP contribution in [0.2, 0.25) is 0 Å². The van der Waals surface area contributed by atoms with E-state index in [1.54, 1.807) is 43.3 Å². The number of nitrogens with zero attached hydrogens (tertiary/aromatic N) is 3. The molecule has 0 bridgehead atoms. The van der Waals surface area contributed by atoms with Crippen molar-refractivity contribution in [1.29, 1.82) is 5.26 Å². The highest BCUT2D eigenvalue weighted by Gasteiger charge is 2.18. The molecule has 1 atom stereocenters. The lowest BCUT2D eigenvalue weighted by molar-refractivity contribution is -0.115. The quantitative estimate of drug-likeness (QED) is 0.597. The summed E-state index contributed by atoms with van der Waals surface area (Å²) in [5, 5.41) is 23.1. The van der Waals surface area contributed by atoms with Gasteiger partial charge in [-0.3, -0.25) is 4.79 Å². The Morgan fingerprint density at radius 3 is 2.70 bits per heavy atom. The minimum atomic E-state index is -0.427. The lowest BCUT2D eigenvalue weighted by atomic mass is 10.2. The Morgan fingerprint density at radius 1 is 1.22 bits per heavy atom. The van der Waals surface area contributed by atoms with Crippen molar-refractivity contribution in [2.24, 2.45) is 0 Å². The van der Waals surface area contributed by atoms with E-state index in [2.05, 4.69) is 20.8 Å². The van der Waals surface area contributed by atoms with Crippen LogP contribution in [-0.2, 0) is 4.79 Å². The first-order valence-electron chi connectivity index (χ1n) is 7.88. The standard InChI is InChI=1S/C18H14FN5OS2/c1-11(16(25)22-15-5-3-2-4-12(15)10-20)26-18-24-23-17(27-18)21-14-8-6-13(19)7-9-14/h2-9,11H,1H3,(H,21,23)(H,22,25)/t11-/m1/s1. The van der Waals surface area contributed by atoms with Crippen LogP contribution >= 0.6 is 23.1 Å². The minimum Gasteiger partial charge on any atom is -0.330 e. The van der Waals surface area contributed by atoms with E-state index >= 15 is 0 Å². The second-order valence-electron chi connectivity index (χ2n) is 5.41. The van der Waals surface area contributed by atoms with Crippen LogP contribution in [-0.4, -0.2) is 21.4 Å². The molecule has 9 heteroatoms. The number of rotatable bonds is 6. The summed E-state index contributed by atoms with van der Waals surface area (Å²) in [6, 6.07) is 14.8. The predicted molar refractivity (Wildman–Crippen MR) is 105 cm³/mol. The van der Waals surface area contributed by atoms with Crippen molar-refractivity contribution in [2.45, 2.75) is 16.5 Å². The van der Waals surface area contributed by atoms with Gasteiger partial charge in [0, 0.05) is 5.69 Å². The molecule has 2 aromatic carbocycles. The van der Waals surface area contributed by atoms with Gasteiger partial charge in [-0.05, 0) is 43.3 Å². The lowest BCUT2D eigenvalue weighted by Crippen LogP contribution is -2.22. The molecule has 0 aliphatic carbocycles. The number of carbonyl (C=O) groups is 1. The highest BCUT2D eigenvalue weighted by molar-refractivity contribution is 8.02. The molecule has 0 fully saturated rings. The molecule has 0 aliphatic heterocycles. The number of hydrogen-bond acceptors (Lipinski definition) is 7. The summed E-state index contributed by atoms with van der Waals surface area (Å²) in [5.41, 5.74) is 1.58. The number of nitriles is 1. The van der Waals surface area contributed by atoms with E-state index in [4.69, 9.17) is 5.26 Å². The number of halogens is 1. The van der Waals surface area contributed by atoms with Crippen molar-refractivity contribution in [2.75, 3.05) is 10.6 Å². The Hall–Kier alpha value is -2.96. The zero-order valence-corrected chi connectivity index (χ0v) is 15.8. The molecular weight excluding hydrogens is 385 g/mol. The van der Waals surface area contributed by atoms with E-state index in [-0.39, 0.29) is 11.7 Å². The van der Waals surface area contributed by atoms with Crippen LogP contribution in [0.4, 0.5) is 20.9 Å². The topological polar surface area (TPSA) is 90.7 Å². The number of benzene rings is 2. The van der Waals surface area contributed by atoms with Crippen molar-refractivity contribution >= 4 is 45.5 Å². The third kappa shape index (κ3) is 5.03. The van der Waals surface area contributed by atoms with Gasteiger partial charge in [0.05, 0.1) is 16.5 Å². The number of thioether (sulfide) groups is 1. The van der Waals surface area contributed by atoms with Crippen LogP contribution in [0.3, 0.4) is 0 Å². The van der Waals surface area contributed by atoms with E-state index in [1.807, 2.05) is 6.07 Å². The third-order valence-corrected chi connectivity index (χ3v) is 5.48. The molecule has 136 valence electrons. The van der Waals surface area contributed by atoms with Gasteiger partial charge >= 0.3 is 0 Å². The third-order valence-electron chi connectivity index (χ3n) is 3.45. The van der Waals surface area contributed by atoms with E-state index in [9.17, 15) is 9.18 Å². The van der Waals surface area contributed by atoms with Crippen LogP contribution in [0.15, 0.2) is 52.9 Å². The Bertz CT molecular complexity index is 984. The van der Waals surface area contributed by atoms with Gasteiger partial charge in [0.15, 0.2) is 4.34 Å². The number of nitrogens with one attached hydrogen (secondary N) is 2. The summed E-state index contributed by atoms with van der Waals surface area (Å²) in [5.74, 6) is -0.544. The smallest absolute Gasteiger partial charge is 0.237 e. The summed E-state index contributed by atoms with van der Waals surface area (Å²) >= 11 is 2.56. The molecule has 0 unspecified atom stereocenters. The van der Waals surface area contributed by atoms with Crippen molar-refractivity contribution in [3.05, 3.63) is 59.9 Å². The van der Waals surface area contributed by atoms with E-state index in [0.29, 0.717) is 26.4 Å². The van der Waals surface area contributed by atoms with E-state index in [0.717, 1.165) is 0 Å². The van der Waals surface area contributed by atoms with Crippen molar-refractivity contribution in [1.82, 2.24) is 10.2 Å². The van der Waals surface area contributed by atoms with Gasteiger partial charge in [0.2, 0.25) is 11.0 Å². The molecule has 0 saturated carbocycles. The number of aromatic nitrogens is 2. The molecule has 3 rings (SSSR count). The van der Waals surface area contributed by atoms with Gasteiger partial charge in [-0.1, -0.05) is 35.2 Å². The maximum atomic E-state index is 12.9. The maximum absolute atomic E-state index is 12.9. The van der Waals surface area contributed by atoms with Gasteiger partial charge in [-0.15, -0.1) is 10.2 Å².